The Morgan fingerprint density at radius 1 is 1.19 bits per heavy atom. The third kappa shape index (κ3) is 2.70. The van der Waals surface area contributed by atoms with Crippen molar-refractivity contribution in [2.75, 3.05) is 6.61 Å². The van der Waals surface area contributed by atoms with Gasteiger partial charge in [-0.2, -0.15) is 0 Å². The van der Waals surface area contributed by atoms with E-state index in [0.29, 0.717) is 24.7 Å². The van der Waals surface area contributed by atoms with E-state index in [4.69, 9.17) is 14.7 Å². The lowest BCUT2D eigenvalue weighted by molar-refractivity contribution is 0.302. The van der Waals surface area contributed by atoms with Crippen LogP contribution < -0.4 is 9.47 Å². The molecule has 2 aromatic rings. The molecule has 21 heavy (non-hydrogen) atoms. The minimum Gasteiger partial charge on any atom is -0.489 e. The van der Waals surface area contributed by atoms with Crippen molar-refractivity contribution in [1.82, 2.24) is 0 Å². The van der Waals surface area contributed by atoms with E-state index < -0.39 is 0 Å². The van der Waals surface area contributed by atoms with Crippen LogP contribution in [0.5, 0.6) is 11.5 Å². The SMILES string of the molecule is Cc1ccc(C)c(COc2ccc3c(c2)OCC3=NO)c1. The van der Waals surface area contributed by atoms with Gasteiger partial charge in [-0.05, 0) is 37.1 Å². The molecule has 1 aliphatic heterocycles. The Morgan fingerprint density at radius 2 is 2.05 bits per heavy atom. The molecule has 4 heteroatoms. The molecule has 0 spiro atoms. The van der Waals surface area contributed by atoms with E-state index >= 15 is 0 Å². The zero-order valence-electron chi connectivity index (χ0n) is 12.1. The van der Waals surface area contributed by atoms with Crippen molar-refractivity contribution in [3.05, 3.63) is 58.7 Å². The summed E-state index contributed by atoms with van der Waals surface area (Å²) in [4.78, 5) is 0. The van der Waals surface area contributed by atoms with Crippen LogP contribution in [0.25, 0.3) is 0 Å². The normalized spacial score (nSPS) is 14.9. The lowest BCUT2D eigenvalue weighted by Crippen LogP contribution is -2.01. The number of hydrogen-bond donors (Lipinski definition) is 1. The van der Waals surface area contributed by atoms with Crippen LogP contribution >= 0.6 is 0 Å². The van der Waals surface area contributed by atoms with Gasteiger partial charge in [0.25, 0.3) is 0 Å². The summed E-state index contributed by atoms with van der Waals surface area (Å²) in [7, 11) is 0. The number of nitrogens with zero attached hydrogens (tertiary/aromatic N) is 1. The van der Waals surface area contributed by atoms with E-state index in [1.807, 2.05) is 18.2 Å². The highest BCUT2D eigenvalue weighted by Crippen LogP contribution is 2.30. The largest absolute Gasteiger partial charge is 0.489 e. The standard InChI is InChI=1S/C17H17NO3/c1-11-3-4-12(2)13(7-11)9-20-14-5-6-15-16(18-19)10-21-17(15)8-14/h3-8,19H,9-10H2,1-2H3. The first-order valence-corrected chi connectivity index (χ1v) is 6.84. The smallest absolute Gasteiger partial charge is 0.134 e. The van der Waals surface area contributed by atoms with Gasteiger partial charge >= 0.3 is 0 Å². The third-order valence-corrected chi connectivity index (χ3v) is 3.65. The van der Waals surface area contributed by atoms with Crippen molar-refractivity contribution in [3.8, 4) is 11.5 Å². The predicted octanol–water partition coefficient (Wildman–Crippen LogP) is 3.45. The molecule has 0 bridgehead atoms. The van der Waals surface area contributed by atoms with Crippen LogP contribution in [-0.2, 0) is 6.61 Å². The van der Waals surface area contributed by atoms with E-state index in [1.54, 1.807) is 0 Å². The molecule has 1 aliphatic rings. The third-order valence-electron chi connectivity index (χ3n) is 3.65. The maximum absolute atomic E-state index is 8.87. The molecule has 0 fully saturated rings. The van der Waals surface area contributed by atoms with Crippen LogP contribution in [0.4, 0.5) is 0 Å². The Balaban J connectivity index is 1.76. The van der Waals surface area contributed by atoms with Crippen LogP contribution in [0, 0.1) is 13.8 Å². The Hall–Kier alpha value is -2.49. The Labute approximate surface area is 123 Å². The van der Waals surface area contributed by atoms with Crippen molar-refractivity contribution < 1.29 is 14.7 Å². The zero-order chi connectivity index (χ0) is 14.8. The van der Waals surface area contributed by atoms with Crippen LogP contribution in [-0.4, -0.2) is 17.5 Å². The van der Waals surface area contributed by atoms with Gasteiger partial charge in [0, 0.05) is 11.6 Å². The molecule has 1 N–H and O–H groups in total. The summed E-state index contributed by atoms with van der Waals surface area (Å²) in [5.41, 5.74) is 4.98. The first kappa shape index (κ1) is 13.5. The molecular weight excluding hydrogens is 266 g/mol. The average molecular weight is 283 g/mol. The maximum atomic E-state index is 8.87. The lowest BCUT2D eigenvalue weighted by atomic mass is 10.1. The molecule has 0 aromatic heterocycles. The molecule has 0 saturated heterocycles. The predicted molar refractivity (Wildman–Crippen MR) is 80.5 cm³/mol. The summed E-state index contributed by atoms with van der Waals surface area (Å²) >= 11 is 0. The van der Waals surface area contributed by atoms with Gasteiger partial charge in [-0.15, -0.1) is 0 Å². The zero-order valence-corrected chi connectivity index (χ0v) is 12.1. The average Bonchev–Trinajstić information content (AvgIpc) is 2.90. The number of hydrogen-bond acceptors (Lipinski definition) is 4. The van der Waals surface area contributed by atoms with E-state index in [9.17, 15) is 0 Å². The van der Waals surface area contributed by atoms with E-state index in [2.05, 4.69) is 37.2 Å². The fourth-order valence-corrected chi connectivity index (χ4v) is 2.37. The van der Waals surface area contributed by atoms with Crippen LogP contribution in [0.3, 0.4) is 0 Å². The molecule has 108 valence electrons. The van der Waals surface area contributed by atoms with E-state index in [-0.39, 0.29) is 0 Å². The molecule has 0 atom stereocenters. The van der Waals surface area contributed by atoms with Crippen molar-refractivity contribution in [2.45, 2.75) is 20.5 Å². The number of ether oxygens (including phenoxy) is 2. The minimum absolute atomic E-state index is 0.298. The second-order valence-corrected chi connectivity index (χ2v) is 5.21. The van der Waals surface area contributed by atoms with Crippen molar-refractivity contribution in [1.29, 1.82) is 0 Å². The summed E-state index contributed by atoms with van der Waals surface area (Å²) in [6, 6.07) is 11.9. The van der Waals surface area contributed by atoms with Crippen molar-refractivity contribution in [2.24, 2.45) is 5.16 Å². The lowest BCUT2D eigenvalue weighted by Gasteiger charge is -2.10. The summed E-state index contributed by atoms with van der Waals surface area (Å²) in [6.07, 6.45) is 0. The molecule has 0 saturated carbocycles. The van der Waals surface area contributed by atoms with Gasteiger partial charge in [-0.3, -0.25) is 0 Å². The summed E-state index contributed by atoms with van der Waals surface area (Å²) < 4.78 is 11.3. The van der Waals surface area contributed by atoms with Crippen LogP contribution in [0.15, 0.2) is 41.6 Å². The van der Waals surface area contributed by atoms with Gasteiger partial charge in [0.15, 0.2) is 0 Å². The summed E-state index contributed by atoms with van der Waals surface area (Å²) in [5.74, 6) is 1.44. The Kier molecular flexibility index (Phi) is 3.52. The molecule has 0 aliphatic carbocycles. The number of oxime groups is 1. The molecule has 4 nitrogen and oxygen atoms in total. The highest BCUT2D eigenvalue weighted by molar-refractivity contribution is 6.06. The van der Waals surface area contributed by atoms with Gasteiger partial charge in [0.05, 0.1) is 0 Å². The number of benzene rings is 2. The van der Waals surface area contributed by atoms with E-state index in [0.717, 1.165) is 11.3 Å². The fraction of sp³-hybridized carbons (Fsp3) is 0.235. The molecular formula is C17H17NO3. The summed E-state index contributed by atoms with van der Waals surface area (Å²) in [5, 5.41) is 12.1. The second-order valence-electron chi connectivity index (χ2n) is 5.21. The molecule has 0 unspecified atom stereocenters. The highest BCUT2D eigenvalue weighted by Gasteiger charge is 2.20. The van der Waals surface area contributed by atoms with Crippen LogP contribution in [0.2, 0.25) is 0 Å². The number of fused-ring (bicyclic) bond motifs is 1. The number of rotatable bonds is 3. The van der Waals surface area contributed by atoms with Crippen molar-refractivity contribution in [3.63, 3.8) is 0 Å². The monoisotopic (exact) mass is 283 g/mol. The molecule has 1 heterocycles. The molecule has 0 amide bonds. The van der Waals surface area contributed by atoms with Crippen molar-refractivity contribution >= 4 is 5.71 Å². The molecule has 2 aromatic carbocycles. The van der Waals surface area contributed by atoms with Crippen LogP contribution in [0.1, 0.15) is 22.3 Å². The maximum Gasteiger partial charge on any atom is 0.134 e. The first-order chi connectivity index (χ1) is 10.2. The van der Waals surface area contributed by atoms with Gasteiger partial charge < -0.3 is 14.7 Å². The topological polar surface area (TPSA) is 51.0 Å². The quantitative estimate of drug-likeness (QED) is 0.693. The van der Waals surface area contributed by atoms with E-state index in [1.165, 1.54) is 16.7 Å². The molecule has 0 radical (unpaired) electrons. The van der Waals surface area contributed by atoms with Gasteiger partial charge in [0.2, 0.25) is 0 Å². The first-order valence-electron chi connectivity index (χ1n) is 6.84. The van der Waals surface area contributed by atoms with Gasteiger partial charge in [0.1, 0.15) is 30.4 Å². The van der Waals surface area contributed by atoms with Gasteiger partial charge in [-0.25, -0.2) is 0 Å². The Morgan fingerprint density at radius 3 is 2.86 bits per heavy atom. The number of aryl methyl sites for hydroxylation is 2. The van der Waals surface area contributed by atoms with Gasteiger partial charge in [-0.1, -0.05) is 28.9 Å². The molecule has 3 rings (SSSR count). The Bertz CT molecular complexity index is 707. The fourth-order valence-electron chi connectivity index (χ4n) is 2.37. The minimum atomic E-state index is 0.298. The second kappa shape index (κ2) is 5.48. The highest BCUT2D eigenvalue weighted by atomic mass is 16.5. The summed E-state index contributed by atoms with van der Waals surface area (Å²) in [6.45, 7) is 4.97.